The third-order valence-electron chi connectivity index (χ3n) is 5.19. The first-order chi connectivity index (χ1) is 15.2. The Balaban J connectivity index is 1.72. The molecule has 7 N–H and O–H groups in total. The van der Waals surface area contributed by atoms with Crippen LogP contribution in [-0.2, 0) is 4.74 Å². The molecule has 1 saturated heterocycles. The van der Waals surface area contributed by atoms with Gasteiger partial charge in [-0.3, -0.25) is 0 Å². The number of hydrogen-bond donors (Lipinski definition) is 7. The number of benzene rings is 2. The number of rotatable bonds is 4. The fourth-order valence-electron chi connectivity index (χ4n) is 3.52. The SMILES string of the molecule is O=c1oc2cc(O[C@@H]3OC(CO)[C@@H](O)C(O)C3O)cc(O)c2c(O)c1-c1ccc(O)cc1. The molecule has 0 radical (unpaired) electrons. The minimum atomic E-state index is -1.69. The zero-order valence-electron chi connectivity index (χ0n) is 16.3. The number of hydrogen-bond acceptors (Lipinski definition) is 11. The van der Waals surface area contributed by atoms with Crippen molar-refractivity contribution in [2.45, 2.75) is 30.7 Å². The fraction of sp³-hybridized carbons (Fsp3) is 0.286. The van der Waals surface area contributed by atoms with Crippen LogP contribution >= 0.6 is 0 Å². The smallest absolute Gasteiger partial charge is 0.347 e. The third-order valence-corrected chi connectivity index (χ3v) is 5.19. The van der Waals surface area contributed by atoms with Crippen molar-refractivity contribution >= 4 is 11.0 Å². The predicted molar refractivity (Wildman–Crippen MR) is 107 cm³/mol. The highest BCUT2D eigenvalue weighted by Gasteiger charge is 2.44. The van der Waals surface area contributed by atoms with Gasteiger partial charge in [-0.2, -0.15) is 0 Å². The van der Waals surface area contributed by atoms with Crippen LogP contribution in [0.4, 0.5) is 0 Å². The summed E-state index contributed by atoms with van der Waals surface area (Å²) < 4.78 is 15.9. The molecular formula is C21H20O11. The monoisotopic (exact) mass is 448 g/mol. The number of ether oxygens (including phenoxy) is 2. The average Bonchev–Trinajstić information content (AvgIpc) is 2.75. The highest BCUT2D eigenvalue weighted by atomic mass is 16.7. The normalized spacial score (nSPS) is 25.7. The van der Waals surface area contributed by atoms with Crippen molar-refractivity contribution in [1.29, 1.82) is 0 Å². The molecule has 2 aromatic carbocycles. The molecule has 0 spiro atoms. The van der Waals surface area contributed by atoms with Crippen molar-refractivity contribution < 1.29 is 49.6 Å². The van der Waals surface area contributed by atoms with Gasteiger partial charge in [-0.05, 0) is 17.7 Å². The van der Waals surface area contributed by atoms with Gasteiger partial charge in [0.25, 0.3) is 0 Å². The summed E-state index contributed by atoms with van der Waals surface area (Å²) in [5.74, 6) is -1.28. The van der Waals surface area contributed by atoms with Crippen molar-refractivity contribution in [2.24, 2.45) is 0 Å². The Hall–Kier alpha value is -3.35. The van der Waals surface area contributed by atoms with E-state index in [9.17, 15) is 40.5 Å². The summed E-state index contributed by atoms with van der Waals surface area (Å²) in [5, 5.41) is 69.4. The highest BCUT2D eigenvalue weighted by Crippen LogP contribution is 2.41. The van der Waals surface area contributed by atoms with Gasteiger partial charge < -0.3 is 49.6 Å². The second-order valence-corrected chi connectivity index (χ2v) is 7.29. The molecule has 1 aliphatic rings. The van der Waals surface area contributed by atoms with Crippen LogP contribution < -0.4 is 10.4 Å². The van der Waals surface area contributed by atoms with Gasteiger partial charge in [0.2, 0.25) is 6.29 Å². The van der Waals surface area contributed by atoms with Crippen molar-refractivity contribution in [3.05, 3.63) is 46.8 Å². The Morgan fingerprint density at radius 2 is 1.62 bits per heavy atom. The maximum Gasteiger partial charge on any atom is 0.347 e. The van der Waals surface area contributed by atoms with Gasteiger partial charge in [-0.25, -0.2) is 4.79 Å². The molecule has 3 unspecified atom stereocenters. The van der Waals surface area contributed by atoms with E-state index in [1.54, 1.807) is 0 Å². The molecule has 11 heteroatoms. The van der Waals surface area contributed by atoms with Crippen LogP contribution in [0, 0.1) is 0 Å². The van der Waals surface area contributed by atoms with E-state index in [0.29, 0.717) is 0 Å². The zero-order chi connectivity index (χ0) is 23.2. The molecule has 32 heavy (non-hydrogen) atoms. The lowest BCUT2D eigenvalue weighted by atomic mass is 9.99. The lowest BCUT2D eigenvalue weighted by Crippen LogP contribution is -2.60. The van der Waals surface area contributed by atoms with E-state index in [2.05, 4.69) is 0 Å². The Morgan fingerprint density at radius 3 is 2.28 bits per heavy atom. The number of aliphatic hydroxyl groups excluding tert-OH is 4. The molecule has 3 aromatic rings. The van der Waals surface area contributed by atoms with Crippen LogP contribution in [0.25, 0.3) is 22.1 Å². The Bertz CT molecular complexity index is 1190. The first kappa shape index (κ1) is 21.9. The predicted octanol–water partition coefficient (Wildman–Crippen LogP) is -0.245. The molecule has 0 amide bonds. The van der Waals surface area contributed by atoms with Crippen LogP contribution in [0.2, 0.25) is 0 Å². The van der Waals surface area contributed by atoms with Gasteiger partial charge in [0.05, 0.1) is 6.61 Å². The molecule has 170 valence electrons. The van der Waals surface area contributed by atoms with Gasteiger partial charge in [0.15, 0.2) is 0 Å². The lowest BCUT2D eigenvalue weighted by molar-refractivity contribution is -0.277. The molecule has 1 aromatic heterocycles. The van der Waals surface area contributed by atoms with Gasteiger partial charge in [-0.1, -0.05) is 12.1 Å². The summed E-state index contributed by atoms with van der Waals surface area (Å²) >= 11 is 0. The van der Waals surface area contributed by atoms with E-state index in [4.69, 9.17) is 13.9 Å². The minimum Gasteiger partial charge on any atom is -0.508 e. The molecular weight excluding hydrogens is 428 g/mol. The van der Waals surface area contributed by atoms with E-state index >= 15 is 0 Å². The number of aromatic hydroxyl groups is 3. The first-order valence-electron chi connectivity index (χ1n) is 9.50. The molecule has 11 nitrogen and oxygen atoms in total. The standard InChI is InChI=1S/C21H20O11/c22-7-13-16(25)18(27)19(28)21(32-13)30-10-5-11(24)15-12(6-10)31-20(29)14(17(15)26)8-1-3-9(23)4-2-8/h1-6,13,16,18-19,21-28H,7H2/t13?,16-,18?,19?,21-/m1/s1. The molecule has 1 aliphatic heterocycles. The van der Waals surface area contributed by atoms with Gasteiger partial charge in [0.1, 0.15) is 63.9 Å². The summed E-state index contributed by atoms with van der Waals surface area (Å²) in [6.45, 7) is -0.656. The largest absolute Gasteiger partial charge is 0.508 e. The number of phenols is 2. The molecule has 0 saturated carbocycles. The third kappa shape index (κ3) is 3.72. The minimum absolute atomic E-state index is 0.0451. The Morgan fingerprint density at radius 1 is 0.938 bits per heavy atom. The highest BCUT2D eigenvalue weighted by molar-refractivity contribution is 5.95. The summed E-state index contributed by atoms with van der Waals surface area (Å²) in [5.41, 5.74) is -1.15. The van der Waals surface area contributed by atoms with Crippen LogP contribution in [0.3, 0.4) is 0 Å². The number of fused-ring (bicyclic) bond motifs is 1. The Labute approximate surface area is 179 Å². The molecule has 5 atom stereocenters. The van der Waals surface area contributed by atoms with Gasteiger partial charge in [-0.15, -0.1) is 0 Å². The average molecular weight is 448 g/mol. The second kappa shape index (κ2) is 8.30. The van der Waals surface area contributed by atoms with Crippen molar-refractivity contribution in [2.75, 3.05) is 6.61 Å². The zero-order valence-corrected chi connectivity index (χ0v) is 16.3. The van der Waals surface area contributed by atoms with Crippen LogP contribution in [-0.4, -0.2) is 73.1 Å². The van der Waals surface area contributed by atoms with Gasteiger partial charge in [0, 0.05) is 12.1 Å². The molecule has 0 aliphatic carbocycles. The quantitative estimate of drug-likeness (QED) is 0.261. The van der Waals surface area contributed by atoms with E-state index in [-0.39, 0.29) is 33.6 Å². The maximum atomic E-state index is 12.5. The molecule has 2 heterocycles. The lowest BCUT2D eigenvalue weighted by Gasteiger charge is -2.39. The summed E-state index contributed by atoms with van der Waals surface area (Å²) in [6.07, 6.45) is -7.67. The van der Waals surface area contributed by atoms with Crippen molar-refractivity contribution in [1.82, 2.24) is 0 Å². The summed E-state index contributed by atoms with van der Waals surface area (Å²) in [7, 11) is 0. The molecule has 0 bridgehead atoms. The first-order valence-corrected chi connectivity index (χ1v) is 9.50. The molecule has 1 fully saturated rings. The fourth-order valence-corrected chi connectivity index (χ4v) is 3.52. The van der Waals surface area contributed by atoms with E-state index in [1.165, 1.54) is 24.3 Å². The number of aliphatic hydroxyl groups is 4. The van der Waals surface area contributed by atoms with Crippen LogP contribution in [0.1, 0.15) is 0 Å². The second-order valence-electron chi connectivity index (χ2n) is 7.29. The summed E-state index contributed by atoms with van der Waals surface area (Å²) in [4.78, 5) is 12.5. The maximum absolute atomic E-state index is 12.5. The van der Waals surface area contributed by atoms with Crippen molar-refractivity contribution in [3.8, 4) is 34.1 Å². The topological polar surface area (TPSA) is 190 Å². The van der Waals surface area contributed by atoms with Crippen LogP contribution in [0.15, 0.2) is 45.6 Å². The van der Waals surface area contributed by atoms with Gasteiger partial charge >= 0.3 is 5.63 Å². The molecule has 4 rings (SSSR count). The van der Waals surface area contributed by atoms with Crippen molar-refractivity contribution in [3.63, 3.8) is 0 Å². The van der Waals surface area contributed by atoms with E-state index < -0.39 is 54.4 Å². The number of phenolic OH excluding ortho intramolecular Hbond substituents is 2. The van der Waals surface area contributed by atoms with E-state index in [1.807, 2.05) is 0 Å². The van der Waals surface area contributed by atoms with Crippen LogP contribution in [0.5, 0.6) is 23.0 Å². The van der Waals surface area contributed by atoms with E-state index in [0.717, 1.165) is 12.1 Å². The summed E-state index contributed by atoms with van der Waals surface area (Å²) in [6, 6.07) is 7.62. The Kier molecular flexibility index (Phi) is 5.67.